The van der Waals surface area contributed by atoms with Crippen LogP contribution in [0.1, 0.15) is 75.3 Å². The normalized spacial score (nSPS) is 22.7. The fourth-order valence-corrected chi connectivity index (χ4v) is 8.47. The molecule has 1 amide bonds. The van der Waals surface area contributed by atoms with E-state index in [9.17, 15) is 4.79 Å². The third kappa shape index (κ3) is 5.21. The predicted molar refractivity (Wildman–Crippen MR) is 129 cm³/mol. The molecule has 2 heterocycles. The molecule has 3 nitrogen and oxygen atoms in total. The molecule has 1 saturated heterocycles. The van der Waals surface area contributed by atoms with E-state index in [2.05, 4.69) is 66.7 Å². The molecule has 0 aromatic heterocycles. The van der Waals surface area contributed by atoms with E-state index in [1.54, 1.807) is 0 Å². The highest BCUT2D eigenvalue weighted by Gasteiger charge is 2.43. The lowest BCUT2D eigenvalue weighted by Gasteiger charge is -2.36. The SMILES string of the molecule is CC(C)(C)OC(=O)N1CCCCC=C1P1[C@H](c2ccccc2)CC[C@H]1c1ccccc1. The number of amides is 1. The second-order valence-electron chi connectivity index (χ2n) is 9.53. The topological polar surface area (TPSA) is 29.5 Å². The molecule has 0 N–H and O–H groups in total. The fraction of sp³-hybridized carbons (Fsp3) is 0.444. The van der Waals surface area contributed by atoms with Crippen LogP contribution in [0.4, 0.5) is 4.79 Å². The van der Waals surface area contributed by atoms with Crippen LogP contribution in [0.25, 0.3) is 0 Å². The van der Waals surface area contributed by atoms with Gasteiger partial charge in [0.25, 0.3) is 0 Å². The Balaban J connectivity index is 1.75. The maximum Gasteiger partial charge on any atom is 0.414 e. The number of benzene rings is 2. The molecule has 0 radical (unpaired) electrons. The quantitative estimate of drug-likeness (QED) is 0.457. The molecule has 31 heavy (non-hydrogen) atoms. The maximum absolute atomic E-state index is 13.3. The summed E-state index contributed by atoms with van der Waals surface area (Å²) >= 11 is 0. The Kier molecular flexibility index (Phi) is 6.82. The number of ether oxygens (including phenoxy) is 1. The Morgan fingerprint density at radius 3 is 1.97 bits per heavy atom. The molecule has 0 unspecified atom stereocenters. The van der Waals surface area contributed by atoms with E-state index in [-0.39, 0.29) is 6.09 Å². The van der Waals surface area contributed by atoms with E-state index >= 15 is 0 Å². The zero-order valence-electron chi connectivity index (χ0n) is 19.0. The van der Waals surface area contributed by atoms with Crippen LogP contribution < -0.4 is 0 Å². The number of carbonyl (C=O) groups excluding carboxylic acids is 1. The van der Waals surface area contributed by atoms with Crippen LogP contribution in [-0.4, -0.2) is 23.1 Å². The summed E-state index contributed by atoms with van der Waals surface area (Å²) in [5.41, 5.74) is 4.49. The Morgan fingerprint density at radius 1 is 0.903 bits per heavy atom. The Bertz CT molecular complexity index is 856. The van der Waals surface area contributed by atoms with E-state index in [4.69, 9.17) is 4.74 Å². The van der Waals surface area contributed by atoms with Gasteiger partial charge in [0.1, 0.15) is 5.60 Å². The van der Waals surface area contributed by atoms with Crippen LogP contribution in [0.5, 0.6) is 0 Å². The van der Waals surface area contributed by atoms with Crippen LogP contribution in [0, 0.1) is 0 Å². The largest absolute Gasteiger partial charge is 0.443 e. The summed E-state index contributed by atoms with van der Waals surface area (Å²) < 4.78 is 5.86. The Hall–Kier alpha value is -2.12. The van der Waals surface area contributed by atoms with Gasteiger partial charge in [0.2, 0.25) is 0 Å². The summed E-state index contributed by atoms with van der Waals surface area (Å²) in [6, 6.07) is 21.8. The molecule has 1 fully saturated rings. The van der Waals surface area contributed by atoms with Gasteiger partial charge in [0.15, 0.2) is 0 Å². The summed E-state index contributed by atoms with van der Waals surface area (Å²) in [5, 5.41) is 0. The van der Waals surface area contributed by atoms with Crippen molar-refractivity contribution in [1.29, 1.82) is 0 Å². The van der Waals surface area contributed by atoms with Crippen molar-refractivity contribution in [2.24, 2.45) is 0 Å². The lowest BCUT2D eigenvalue weighted by atomic mass is 10.0. The molecule has 2 aromatic rings. The molecule has 2 aromatic carbocycles. The van der Waals surface area contributed by atoms with E-state index < -0.39 is 13.5 Å². The van der Waals surface area contributed by atoms with Crippen molar-refractivity contribution in [3.8, 4) is 0 Å². The zero-order valence-corrected chi connectivity index (χ0v) is 19.9. The average Bonchev–Trinajstić information content (AvgIpc) is 3.04. The maximum atomic E-state index is 13.3. The van der Waals surface area contributed by atoms with Gasteiger partial charge < -0.3 is 4.74 Å². The molecule has 2 aliphatic rings. The van der Waals surface area contributed by atoms with Gasteiger partial charge in [-0.25, -0.2) is 4.79 Å². The minimum absolute atomic E-state index is 0.186. The first-order valence-electron chi connectivity index (χ1n) is 11.5. The molecule has 2 aliphatic heterocycles. The first kappa shape index (κ1) is 22.1. The van der Waals surface area contributed by atoms with Gasteiger partial charge in [-0.1, -0.05) is 66.7 Å². The average molecular weight is 436 g/mol. The van der Waals surface area contributed by atoms with E-state index in [0.29, 0.717) is 11.3 Å². The van der Waals surface area contributed by atoms with Crippen molar-refractivity contribution >= 4 is 14.0 Å². The molecule has 0 spiro atoms. The van der Waals surface area contributed by atoms with E-state index in [1.165, 1.54) is 16.6 Å². The van der Waals surface area contributed by atoms with Gasteiger partial charge in [0.05, 0.1) is 0 Å². The van der Waals surface area contributed by atoms with Gasteiger partial charge in [-0.2, -0.15) is 0 Å². The smallest absolute Gasteiger partial charge is 0.414 e. The molecule has 4 rings (SSSR count). The highest BCUT2D eigenvalue weighted by Crippen LogP contribution is 2.74. The number of hydrogen-bond donors (Lipinski definition) is 0. The standard InChI is InChI=1S/C27H34NO2P/c1-27(2,3)30-26(29)28-20-12-6-11-17-25(28)31-23(21-13-7-4-8-14-21)18-19-24(31)22-15-9-5-10-16-22/h4-5,7-10,13-17,23-24H,6,11-12,18-20H2,1-3H3/t23-,24-/m0/s1. The summed E-state index contributed by atoms with van der Waals surface area (Å²) in [4.78, 5) is 15.3. The third-order valence-electron chi connectivity index (χ3n) is 6.07. The minimum Gasteiger partial charge on any atom is -0.443 e. The Labute approximate surface area is 188 Å². The second-order valence-corrected chi connectivity index (χ2v) is 12.0. The third-order valence-corrected chi connectivity index (χ3v) is 9.48. The second kappa shape index (κ2) is 9.57. The highest BCUT2D eigenvalue weighted by molar-refractivity contribution is 7.63. The number of nitrogens with zero attached hydrogens (tertiary/aromatic N) is 1. The molecular weight excluding hydrogens is 401 g/mol. The van der Waals surface area contributed by atoms with Gasteiger partial charge in [-0.3, -0.25) is 4.90 Å². The van der Waals surface area contributed by atoms with Crippen molar-refractivity contribution in [3.63, 3.8) is 0 Å². The number of carbonyl (C=O) groups is 1. The van der Waals surface area contributed by atoms with Crippen molar-refractivity contribution in [2.75, 3.05) is 6.54 Å². The van der Waals surface area contributed by atoms with Crippen LogP contribution in [0.2, 0.25) is 0 Å². The van der Waals surface area contributed by atoms with Crippen LogP contribution in [0.3, 0.4) is 0 Å². The van der Waals surface area contributed by atoms with Crippen molar-refractivity contribution < 1.29 is 9.53 Å². The summed E-state index contributed by atoms with van der Waals surface area (Å²) in [7, 11) is -0.587. The molecule has 0 aliphatic carbocycles. The van der Waals surface area contributed by atoms with Gasteiger partial charge in [0, 0.05) is 23.3 Å². The van der Waals surface area contributed by atoms with Crippen molar-refractivity contribution in [2.45, 2.75) is 69.8 Å². The zero-order chi connectivity index (χ0) is 21.8. The van der Waals surface area contributed by atoms with Gasteiger partial charge >= 0.3 is 6.09 Å². The molecule has 2 atom stereocenters. The molecule has 164 valence electrons. The lowest BCUT2D eigenvalue weighted by molar-refractivity contribution is 0.0327. The number of hydrogen-bond acceptors (Lipinski definition) is 2. The van der Waals surface area contributed by atoms with Crippen LogP contribution >= 0.6 is 7.92 Å². The van der Waals surface area contributed by atoms with E-state index in [1.807, 2.05) is 25.7 Å². The molecule has 0 saturated carbocycles. The summed E-state index contributed by atoms with van der Waals surface area (Å²) in [5.74, 6) is 0. The summed E-state index contributed by atoms with van der Waals surface area (Å²) in [6.45, 7) is 6.61. The van der Waals surface area contributed by atoms with Gasteiger partial charge in [-0.15, -0.1) is 0 Å². The number of rotatable bonds is 3. The van der Waals surface area contributed by atoms with Gasteiger partial charge in [-0.05, 0) is 71.9 Å². The Morgan fingerprint density at radius 2 is 1.45 bits per heavy atom. The molecule has 0 bridgehead atoms. The minimum atomic E-state index is -0.587. The predicted octanol–water partition coefficient (Wildman–Crippen LogP) is 8.01. The van der Waals surface area contributed by atoms with Crippen molar-refractivity contribution in [3.05, 3.63) is 83.3 Å². The first-order valence-corrected chi connectivity index (χ1v) is 13.0. The fourth-order valence-electron chi connectivity index (χ4n) is 4.75. The van der Waals surface area contributed by atoms with E-state index in [0.717, 1.165) is 38.6 Å². The van der Waals surface area contributed by atoms with Crippen molar-refractivity contribution in [1.82, 2.24) is 4.90 Å². The highest BCUT2D eigenvalue weighted by atomic mass is 31.1. The van der Waals surface area contributed by atoms with Crippen LogP contribution in [-0.2, 0) is 4.74 Å². The first-order chi connectivity index (χ1) is 14.9. The molecule has 4 heteroatoms. The monoisotopic (exact) mass is 435 g/mol. The van der Waals surface area contributed by atoms with Crippen LogP contribution in [0.15, 0.2) is 72.2 Å². The number of allylic oxidation sites excluding steroid dienone is 1. The lowest BCUT2D eigenvalue weighted by Crippen LogP contribution is -2.36. The molecular formula is C27H34NO2P. The summed E-state index contributed by atoms with van der Waals surface area (Å²) in [6.07, 6.45) is 7.68.